The highest BCUT2D eigenvalue weighted by Gasteiger charge is 2.29. The number of aromatic carboxylic acids is 1. The highest BCUT2D eigenvalue weighted by molar-refractivity contribution is 7.21. The van der Waals surface area contributed by atoms with Gasteiger partial charge in [-0.05, 0) is 48.4 Å². The molecule has 1 fully saturated rings. The van der Waals surface area contributed by atoms with Crippen LogP contribution in [0.4, 0.5) is 5.69 Å². The van der Waals surface area contributed by atoms with Crippen molar-refractivity contribution in [2.75, 3.05) is 18.4 Å². The van der Waals surface area contributed by atoms with Gasteiger partial charge in [0.25, 0.3) is 11.8 Å². The molecule has 3 aromatic carbocycles. The van der Waals surface area contributed by atoms with Crippen LogP contribution in [0.15, 0.2) is 66.7 Å². The maximum Gasteiger partial charge on any atom is 0.337 e. The molecule has 0 aliphatic carbocycles. The Labute approximate surface area is 221 Å². The Hall–Kier alpha value is -3.39. The van der Waals surface area contributed by atoms with Gasteiger partial charge in [0, 0.05) is 39.7 Å². The molecular weight excluding hydrogens is 519 g/mol. The first kappa shape index (κ1) is 24.3. The molecule has 9 heteroatoms. The van der Waals surface area contributed by atoms with Crippen molar-refractivity contribution in [1.82, 2.24) is 4.90 Å². The fourth-order valence-corrected chi connectivity index (χ4v) is 5.97. The van der Waals surface area contributed by atoms with Crippen LogP contribution in [-0.4, -0.2) is 40.9 Å². The minimum Gasteiger partial charge on any atom is -0.478 e. The number of halogens is 2. The van der Waals surface area contributed by atoms with E-state index in [4.69, 9.17) is 23.2 Å². The molecule has 1 aliphatic heterocycles. The molecule has 182 valence electrons. The molecule has 2 heterocycles. The number of thiophene rings is 1. The van der Waals surface area contributed by atoms with Crippen molar-refractivity contribution in [3.63, 3.8) is 0 Å². The van der Waals surface area contributed by atoms with Crippen LogP contribution < -0.4 is 5.32 Å². The van der Waals surface area contributed by atoms with E-state index in [1.807, 2.05) is 48.5 Å². The number of likely N-dealkylation sites (tertiary alicyclic amines) is 1. The van der Waals surface area contributed by atoms with Gasteiger partial charge < -0.3 is 15.3 Å². The first-order valence-electron chi connectivity index (χ1n) is 11.2. The Bertz CT molecular complexity index is 1500. The number of benzene rings is 3. The van der Waals surface area contributed by atoms with Crippen LogP contribution in [0.2, 0.25) is 10.0 Å². The number of carbonyl (C=O) groups excluding carboxylic acids is 2. The summed E-state index contributed by atoms with van der Waals surface area (Å²) in [5.41, 5.74) is 1.29. The van der Waals surface area contributed by atoms with Gasteiger partial charge >= 0.3 is 5.97 Å². The average Bonchev–Trinajstić information content (AvgIpc) is 3.50. The molecule has 4 aromatic rings. The highest BCUT2D eigenvalue weighted by Crippen LogP contribution is 2.36. The molecule has 1 aliphatic rings. The second kappa shape index (κ2) is 9.93. The van der Waals surface area contributed by atoms with Crippen molar-refractivity contribution >= 4 is 68.1 Å². The largest absolute Gasteiger partial charge is 0.478 e. The van der Waals surface area contributed by atoms with E-state index in [1.54, 1.807) is 4.90 Å². The van der Waals surface area contributed by atoms with Gasteiger partial charge in [-0.15, -0.1) is 11.3 Å². The van der Waals surface area contributed by atoms with E-state index in [-0.39, 0.29) is 28.6 Å². The Morgan fingerprint density at radius 1 is 1.00 bits per heavy atom. The van der Waals surface area contributed by atoms with E-state index in [1.165, 1.54) is 29.5 Å². The third-order valence-electron chi connectivity index (χ3n) is 6.30. The fourth-order valence-electron chi connectivity index (χ4n) is 4.44. The molecule has 1 atom stereocenters. The molecule has 1 saturated heterocycles. The van der Waals surface area contributed by atoms with Crippen molar-refractivity contribution in [3.05, 3.63) is 98.3 Å². The standard InChI is InChI=1S/C27H20Cl2N2O4S/c28-18-8-5-15(6-9-18)17-11-12-31(14-17)26(33)16-7-10-21(20(13-16)27(34)35)30-25(32)24-23(29)19-3-1-2-4-22(19)36-24/h1-10,13,17H,11-12,14H2,(H,30,32)(H,34,35). The lowest BCUT2D eigenvalue weighted by Gasteiger charge is -2.18. The zero-order chi connectivity index (χ0) is 25.4. The van der Waals surface area contributed by atoms with Crippen LogP contribution in [0.1, 0.15) is 48.3 Å². The summed E-state index contributed by atoms with van der Waals surface area (Å²) in [4.78, 5) is 40.1. The van der Waals surface area contributed by atoms with Crippen LogP contribution >= 0.6 is 34.5 Å². The zero-order valence-corrected chi connectivity index (χ0v) is 21.2. The number of fused-ring (bicyclic) bond motifs is 1. The number of rotatable bonds is 5. The van der Waals surface area contributed by atoms with Crippen LogP contribution in [0, 0.1) is 0 Å². The smallest absolute Gasteiger partial charge is 0.337 e. The van der Waals surface area contributed by atoms with Crippen molar-refractivity contribution in [2.45, 2.75) is 12.3 Å². The van der Waals surface area contributed by atoms with Crippen LogP contribution in [-0.2, 0) is 0 Å². The van der Waals surface area contributed by atoms with Gasteiger partial charge in [-0.1, -0.05) is 53.5 Å². The summed E-state index contributed by atoms with van der Waals surface area (Å²) in [5, 5.41) is 14.2. The summed E-state index contributed by atoms with van der Waals surface area (Å²) < 4.78 is 0.856. The second-order valence-corrected chi connectivity index (χ2v) is 10.4. The quantitative estimate of drug-likeness (QED) is 0.293. The summed E-state index contributed by atoms with van der Waals surface area (Å²) in [6.07, 6.45) is 0.809. The summed E-state index contributed by atoms with van der Waals surface area (Å²) in [5.74, 6) is -1.81. The molecular formula is C27H20Cl2N2O4S. The van der Waals surface area contributed by atoms with E-state index in [0.29, 0.717) is 28.0 Å². The summed E-state index contributed by atoms with van der Waals surface area (Å²) in [7, 11) is 0. The first-order chi connectivity index (χ1) is 17.3. The number of hydrogen-bond acceptors (Lipinski definition) is 4. The fraction of sp³-hybridized carbons (Fsp3) is 0.148. The Morgan fingerprint density at radius 3 is 2.47 bits per heavy atom. The lowest BCUT2D eigenvalue weighted by Crippen LogP contribution is -2.28. The van der Waals surface area contributed by atoms with Gasteiger partial charge in [-0.25, -0.2) is 4.79 Å². The van der Waals surface area contributed by atoms with Gasteiger partial charge in [0.15, 0.2) is 0 Å². The summed E-state index contributed by atoms with van der Waals surface area (Å²) >= 11 is 13.6. The number of anilines is 1. The average molecular weight is 539 g/mol. The van der Waals surface area contributed by atoms with Gasteiger partial charge in [0.2, 0.25) is 0 Å². The normalized spacial score (nSPS) is 15.3. The number of hydrogen-bond donors (Lipinski definition) is 2. The monoisotopic (exact) mass is 538 g/mol. The third kappa shape index (κ3) is 4.69. The van der Waals surface area contributed by atoms with E-state index in [0.717, 1.165) is 22.1 Å². The van der Waals surface area contributed by atoms with Crippen molar-refractivity contribution in [1.29, 1.82) is 0 Å². The Morgan fingerprint density at radius 2 is 1.75 bits per heavy atom. The van der Waals surface area contributed by atoms with E-state index in [9.17, 15) is 19.5 Å². The second-order valence-electron chi connectivity index (χ2n) is 8.55. The lowest BCUT2D eigenvalue weighted by atomic mass is 9.99. The molecule has 1 aromatic heterocycles. The number of carboxylic acid groups (broad SMARTS) is 1. The molecule has 0 radical (unpaired) electrons. The molecule has 5 rings (SSSR count). The topological polar surface area (TPSA) is 86.7 Å². The summed E-state index contributed by atoms with van der Waals surface area (Å²) in [6, 6.07) is 19.3. The van der Waals surface area contributed by atoms with Crippen molar-refractivity contribution in [3.8, 4) is 0 Å². The lowest BCUT2D eigenvalue weighted by molar-refractivity contribution is 0.0698. The van der Waals surface area contributed by atoms with Gasteiger partial charge in [0.05, 0.1) is 16.3 Å². The molecule has 0 spiro atoms. The predicted octanol–water partition coefficient (Wildman–Crippen LogP) is 6.79. The molecule has 2 amide bonds. The van der Waals surface area contributed by atoms with E-state index < -0.39 is 11.9 Å². The molecule has 6 nitrogen and oxygen atoms in total. The van der Waals surface area contributed by atoms with Gasteiger partial charge in [-0.2, -0.15) is 0 Å². The highest BCUT2D eigenvalue weighted by atomic mass is 35.5. The molecule has 36 heavy (non-hydrogen) atoms. The minimum absolute atomic E-state index is 0.0954. The van der Waals surface area contributed by atoms with Crippen LogP contribution in [0.25, 0.3) is 10.1 Å². The maximum absolute atomic E-state index is 13.2. The van der Waals surface area contributed by atoms with Crippen LogP contribution in [0.5, 0.6) is 0 Å². The van der Waals surface area contributed by atoms with Crippen molar-refractivity contribution in [2.24, 2.45) is 0 Å². The predicted molar refractivity (Wildman–Crippen MR) is 143 cm³/mol. The third-order valence-corrected chi connectivity index (χ3v) is 8.23. The Balaban J connectivity index is 1.35. The maximum atomic E-state index is 13.2. The van der Waals surface area contributed by atoms with Crippen LogP contribution in [0.3, 0.4) is 0 Å². The SMILES string of the molecule is O=C(O)c1cc(C(=O)N2CCC(c3ccc(Cl)cc3)C2)ccc1NC(=O)c1sc2ccccc2c1Cl. The molecule has 1 unspecified atom stereocenters. The van der Waals surface area contributed by atoms with E-state index in [2.05, 4.69) is 5.32 Å². The minimum atomic E-state index is -1.25. The Kier molecular flexibility index (Phi) is 6.71. The number of nitrogens with one attached hydrogen (secondary N) is 1. The first-order valence-corrected chi connectivity index (χ1v) is 12.8. The number of carboxylic acids is 1. The van der Waals surface area contributed by atoms with E-state index >= 15 is 0 Å². The number of nitrogens with zero attached hydrogens (tertiary/aromatic N) is 1. The molecule has 0 saturated carbocycles. The molecule has 2 N–H and O–H groups in total. The van der Waals surface area contributed by atoms with Gasteiger partial charge in [0.1, 0.15) is 4.88 Å². The number of amides is 2. The summed E-state index contributed by atoms with van der Waals surface area (Å²) in [6.45, 7) is 1.10. The molecule has 0 bridgehead atoms. The van der Waals surface area contributed by atoms with Crippen molar-refractivity contribution < 1.29 is 19.5 Å². The number of carbonyl (C=O) groups is 3. The van der Waals surface area contributed by atoms with Gasteiger partial charge in [-0.3, -0.25) is 9.59 Å². The zero-order valence-electron chi connectivity index (χ0n) is 18.8.